The summed E-state index contributed by atoms with van der Waals surface area (Å²) in [6, 6.07) is 13.6. The van der Waals surface area contributed by atoms with Crippen LogP contribution < -0.4 is 14.8 Å². The molecular weight excluding hydrogens is 422 g/mol. The summed E-state index contributed by atoms with van der Waals surface area (Å²) in [6.07, 6.45) is 4.38. The molecule has 0 aliphatic heterocycles. The number of nitrogens with one attached hydrogen (secondary N) is 2. The van der Waals surface area contributed by atoms with E-state index < -0.39 is 0 Å². The van der Waals surface area contributed by atoms with Gasteiger partial charge in [0.15, 0.2) is 18.1 Å². The number of H-pyrrole nitrogens is 1. The predicted octanol–water partition coefficient (Wildman–Crippen LogP) is 5.50. The van der Waals surface area contributed by atoms with E-state index in [0.29, 0.717) is 11.5 Å². The van der Waals surface area contributed by atoms with E-state index in [4.69, 9.17) is 14.5 Å². The SMILES string of the molecule is COc1cc(C)ccc1OCC(=O)Nc1sc2c(c1-c1nc3ccccc3[nH]1)CCCC2. The fraction of sp³-hybridized carbons (Fsp3) is 0.280. The first-order valence-electron chi connectivity index (χ1n) is 10.8. The zero-order valence-corrected chi connectivity index (χ0v) is 19.0. The lowest BCUT2D eigenvalue weighted by Crippen LogP contribution is -2.20. The lowest BCUT2D eigenvalue weighted by molar-refractivity contribution is -0.118. The molecule has 0 radical (unpaired) electrons. The van der Waals surface area contributed by atoms with Gasteiger partial charge in [0.25, 0.3) is 5.91 Å². The minimum atomic E-state index is -0.205. The van der Waals surface area contributed by atoms with Crippen molar-refractivity contribution < 1.29 is 14.3 Å². The third-order valence-corrected chi connectivity index (χ3v) is 6.94. The first-order chi connectivity index (χ1) is 15.6. The molecule has 6 nitrogen and oxygen atoms in total. The van der Waals surface area contributed by atoms with Crippen molar-refractivity contribution >= 4 is 33.3 Å². The van der Waals surface area contributed by atoms with Gasteiger partial charge in [-0.3, -0.25) is 4.79 Å². The molecule has 0 saturated heterocycles. The van der Waals surface area contributed by atoms with Crippen LogP contribution in [0.25, 0.3) is 22.4 Å². The fourth-order valence-corrected chi connectivity index (χ4v) is 5.48. The van der Waals surface area contributed by atoms with Crippen molar-refractivity contribution in [3.63, 3.8) is 0 Å². The van der Waals surface area contributed by atoms with Gasteiger partial charge >= 0.3 is 0 Å². The summed E-state index contributed by atoms with van der Waals surface area (Å²) in [5, 5.41) is 3.92. The summed E-state index contributed by atoms with van der Waals surface area (Å²) >= 11 is 1.65. The number of carbonyl (C=O) groups excluding carboxylic acids is 1. The van der Waals surface area contributed by atoms with Gasteiger partial charge in [0.2, 0.25) is 0 Å². The van der Waals surface area contributed by atoms with Crippen LogP contribution in [0.4, 0.5) is 5.00 Å². The number of aromatic nitrogens is 2. The van der Waals surface area contributed by atoms with Gasteiger partial charge in [0.05, 0.1) is 23.7 Å². The molecule has 0 spiro atoms. The van der Waals surface area contributed by atoms with Crippen LogP contribution in [0.2, 0.25) is 0 Å². The van der Waals surface area contributed by atoms with Crippen molar-refractivity contribution in [3.05, 3.63) is 58.5 Å². The molecule has 164 valence electrons. The minimum absolute atomic E-state index is 0.0957. The Morgan fingerprint density at radius 3 is 2.84 bits per heavy atom. The Morgan fingerprint density at radius 2 is 2.00 bits per heavy atom. The van der Waals surface area contributed by atoms with E-state index in [1.54, 1.807) is 18.4 Å². The number of ether oxygens (including phenoxy) is 2. The molecule has 0 bridgehead atoms. The number of imidazole rings is 1. The Kier molecular flexibility index (Phi) is 5.57. The van der Waals surface area contributed by atoms with Gasteiger partial charge in [-0.25, -0.2) is 4.98 Å². The molecule has 7 heteroatoms. The first-order valence-corrected chi connectivity index (χ1v) is 11.6. The van der Waals surface area contributed by atoms with E-state index in [0.717, 1.165) is 52.2 Å². The molecule has 0 atom stereocenters. The van der Waals surface area contributed by atoms with Gasteiger partial charge in [-0.15, -0.1) is 11.3 Å². The number of anilines is 1. The summed E-state index contributed by atoms with van der Waals surface area (Å²) in [4.78, 5) is 22.4. The minimum Gasteiger partial charge on any atom is -0.493 e. The lowest BCUT2D eigenvalue weighted by atomic mass is 9.95. The average Bonchev–Trinajstić information content (AvgIpc) is 3.38. The van der Waals surface area contributed by atoms with E-state index in [1.807, 2.05) is 49.4 Å². The summed E-state index contributed by atoms with van der Waals surface area (Å²) in [6.45, 7) is 1.89. The highest BCUT2D eigenvalue weighted by Crippen LogP contribution is 2.43. The Labute approximate surface area is 190 Å². The number of fused-ring (bicyclic) bond motifs is 2. The van der Waals surface area contributed by atoms with Crippen LogP contribution in [0.5, 0.6) is 11.5 Å². The van der Waals surface area contributed by atoms with E-state index >= 15 is 0 Å². The molecule has 2 aromatic heterocycles. The zero-order chi connectivity index (χ0) is 22.1. The largest absolute Gasteiger partial charge is 0.493 e. The highest BCUT2D eigenvalue weighted by Gasteiger charge is 2.25. The molecule has 5 rings (SSSR count). The topological polar surface area (TPSA) is 76.2 Å². The van der Waals surface area contributed by atoms with Crippen molar-refractivity contribution in [2.75, 3.05) is 19.0 Å². The smallest absolute Gasteiger partial charge is 0.262 e. The van der Waals surface area contributed by atoms with E-state index in [2.05, 4.69) is 10.3 Å². The van der Waals surface area contributed by atoms with Crippen molar-refractivity contribution in [1.29, 1.82) is 0 Å². The molecule has 1 aliphatic rings. The van der Waals surface area contributed by atoms with Gasteiger partial charge in [-0.2, -0.15) is 0 Å². The average molecular weight is 448 g/mol. The fourth-order valence-electron chi connectivity index (χ4n) is 4.18. The predicted molar refractivity (Wildman–Crippen MR) is 128 cm³/mol. The highest BCUT2D eigenvalue weighted by molar-refractivity contribution is 7.17. The number of amides is 1. The number of rotatable bonds is 6. The number of para-hydroxylation sites is 2. The third kappa shape index (κ3) is 3.96. The summed E-state index contributed by atoms with van der Waals surface area (Å²) in [5.74, 6) is 1.77. The van der Waals surface area contributed by atoms with E-state index in [9.17, 15) is 4.79 Å². The molecule has 1 amide bonds. The number of carbonyl (C=O) groups is 1. The second kappa shape index (κ2) is 8.67. The second-order valence-electron chi connectivity index (χ2n) is 8.01. The van der Waals surface area contributed by atoms with Crippen molar-refractivity contribution in [3.8, 4) is 22.9 Å². The molecule has 1 aliphatic carbocycles. The molecule has 0 unspecified atom stereocenters. The van der Waals surface area contributed by atoms with Crippen LogP contribution in [0, 0.1) is 6.92 Å². The van der Waals surface area contributed by atoms with Crippen LogP contribution >= 0.6 is 11.3 Å². The van der Waals surface area contributed by atoms with Crippen molar-refractivity contribution in [2.45, 2.75) is 32.6 Å². The van der Waals surface area contributed by atoms with Crippen LogP contribution in [0.1, 0.15) is 28.8 Å². The summed E-state index contributed by atoms with van der Waals surface area (Å²) in [7, 11) is 1.59. The third-order valence-electron chi connectivity index (χ3n) is 5.73. The summed E-state index contributed by atoms with van der Waals surface area (Å²) in [5.41, 5.74) is 5.30. The van der Waals surface area contributed by atoms with Gasteiger partial charge in [0, 0.05) is 4.88 Å². The maximum absolute atomic E-state index is 12.8. The Bertz CT molecular complexity index is 1260. The molecule has 2 aromatic carbocycles. The van der Waals surface area contributed by atoms with Gasteiger partial charge in [0.1, 0.15) is 10.8 Å². The first kappa shape index (κ1) is 20.6. The zero-order valence-electron chi connectivity index (χ0n) is 18.2. The quantitative estimate of drug-likeness (QED) is 0.409. The Hall–Kier alpha value is -3.32. The number of thiophene rings is 1. The van der Waals surface area contributed by atoms with Crippen molar-refractivity contribution in [2.24, 2.45) is 0 Å². The molecule has 2 heterocycles. The van der Waals surface area contributed by atoms with Crippen molar-refractivity contribution in [1.82, 2.24) is 9.97 Å². The maximum Gasteiger partial charge on any atom is 0.262 e. The van der Waals surface area contributed by atoms with Crippen LogP contribution in [0.15, 0.2) is 42.5 Å². The highest BCUT2D eigenvalue weighted by atomic mass is 32.1. The number of nitrogens with zero attached hydrogens (tertiary/aromatic N) is 1. The molecular formula is C25H25N3O3S. The molecule has 0 fully saturated rings. The van der Waals surface area contributed by atoms with Crippen LogP contribution in [-0.2, 0) is 17.6 Å². The molecule has 4 aromatic rings. The number of aromatic amines is 1. The number of methoxy groups -OCH3 is 1. The monoisotopic (exact) mass is 447 g/mol. The number of hydrogen-bond acceptors (Lipinski definition) is 5. The van der Waals surface area contributed by atoms with Gasteiger partial charge < -0.3 is 19.8 Å². The summed E-state index contributed by atoms with van der Waals surface area (Å²) < 4.78 is 11.1. The molecule has 0 saturated carbocycles. The number of hydrogen-bond donors (Lipinski definition) is 2. The van der Waals surface area contributed by atoms with Gasteiger partial charge in [-0.1, -0.05) is 18.2 Å². The number of benzene rings is 2. The number of aryl methyl sites for hydroxylation is 2. The van der Waals surface area contributed by atoms with Gasteiger partial charge in [-0.05, 0) is 68.0 Å². The van der Waals surface area contributed by atoms with Crippen LogP contribution in [0.3, 0.4) is 0 Å². The standard InChI is InChI=1S/C25H25N3O3S/c1-15-11-12-19(20(13-15)30-2)31-14-22(29)28-25-23(16-7-3-6-10-21(16)32-25)24-26-17-8-4-5-9-18(17)27-24/h4-5,8-9,11-13H,3,6-7,10,14H2,1-2H3,(H,26,27)(H,28,29). The van der Waals surface area contributed by atoms with E-state index in [-0.39, 0.29) is 12.5 Å². The lowest BCUT2D eigenvalue weighted by Gasteiger charge is -2.12. The van der Waals surface area contributed by atoms with E-state index in [1.165, 1.54) is 16.9 Å². The van der Waals surface area contributed by atoms with Crippen LogP contribution in [-0.4, -0.2) is 29.6 Å². The molecule has 2 N–H and O–H groups in total. The Morgan fingerprint density at radius 1 is 1.16 bits per heavy atom. The Balaban J connectivity index is 1.41. The molecule has 32 heavy (non-hydrogen) atoms. The normalized spacial score (nSPS) is 13.1. The second-order valence-corrected chi connectivity index (χ2v) is 9.11. The maximum atomic E-state index is 12.8.